The van der Waals surface area contributed by atoms with Gasteiger partial charge in [-0.25, -0.2) is 0 Å². The molecule has 2 heterocycles. The Bertz CT molecular complexity index is 1090. The Morgan fingerprint density at radius 3 is 2.54 bits per heavy atom. The van der Waals surface area contributed by atoms with Crippen LogP contribution < -0.4 is 9.47 Å². The van der Waals surface area contributed by atoms with Crippen molar-refractivity contribution in [1.29, 1.82) is 0 Å². The fourth-order valence-corrected chi connectivity index (χ4v) is 4.61. The van der Waals surface area contributed by atoms with Crippen LogP contribution >= 0.6 is 0 Å². The van der Waals surface area contributed by atoms with Gasteiger partial charge in [0.1, 0.15) is 17.3 Å². The maximum absolute atomic E-state index is 13.2. The predicted molar refractivity (Wildman–Crippen MR) is 131 cm³/mol. The maximum atomic E-state index is 13.2. The minimum absolute atomic E-state index is 0.0725. The van der Waals surface area contributed by atoms with E-state index in [1.165, 1.54) is 0 Å². The highest BCUT2D eigenvalue weighted by molar-refractivity contribution is 6.46. The third-order valence-electron chi connectivity index (χ3n) is 6.35. The van der Waals surface area contributed by atoms with Crippen molar-refractivity contribution < 1.29 is 28.9 Å². The van der Waals surface area contributed by atoms with Gasteiger partial charge in [0, 0.05) is 31.7 Å². The molecule has 4 rings (SSSR count). The fourth-order valence-electron chi connectivity index (χ4n) is 4.61. The standard InChI is InChI=1S/C27H32N2O6/c1-3-35-22-10-5-8-20(18-22)25(30)23-24(19-7-4-9-21(17-19)33-2)29(27(32)26(23)31)12-6-11-28-13-15-34-16-14-28/h4-5,7-10,17-18,24,30H,3,6,11-16H2,1-2H3. The van der Waals surface area contributed by atoms with Crippen molar-refractivity contribution in [1.82, 2.24) is 9.80 Å². The number of carbonyl (C=O) groups is 2. The number of Topliss-reactive ketones (excluding diaryl/α,β-unsaturated/α-hetero) is 1. The molecule has 2 aliphatic rings. The normalized spacial score (nSPS) is 20.3. The maximum Gasteiger partial charge on any atom is 0.295 e. The molecule has 2 saturated heterocycles. The Balaban J connectivity index is 1.69. The summed E-state index contributed by atoms with van der Waals surface area (Å²) in [6, 6.07) is 13.5. The Morgan fingerprint density at radius 2 is 1.80 bits per heavy atom. The lowest BCUT2D eigenvalue weighted by Crippen LogP contribution is -2.38. The highest BCUT2D eigenvalue weighted by Crippen LogP contribution is 2.40. The van der Waals surface area contributed by atoms with E-state index in [-0.39, 0.29) is 11.3 Å². The molecule has 0 bridgehead atoms. The van der Waals surface area contributed by atoms with Crippen molar-refractivity contribution in [3.63, 3.8) is 0 Å². The van der Waals surface area contributed by atoms with Gasteiger partial charge in [-0.2, -0.15) is 0 Å². The van der Waals surface area contributed by atoms with Crippen LogP contribution in [0.3, 0.4) is 0 Å². The van der Waals surface area contributed by atoms with Gasteiger partial charge in [0.25, 0.3) is 11.7 Å². The summed E-state index contributed by atoms with van der Waals surface area (Å²) in [5.74, 6) is -0.326. The number of ether oxygens (including phenoxy) is 3. The second kappa shape index (κ2) is 11.4. The Hall–Kier alpha value is -3.36. The topological polar surface area (TPSA) is 88.5 Å². The van der Waals surface area contributed by atoms with Gasteiger partial charge in [0.05, 0.1) is 38.5 Å². The van der Waals surface area contributed by atoms with Crippen LogP contribution in [-0.2, 0) is 14.3 Å². The number of aliphatic hydroxyl groups is 1. The van der Waals surface area contributed by atoms with Crippen LogP contribution in [0.15, 0.2) is 54.1 Å². The summed E-state index contributed by atoms with van der Waals surface area (Å²) in [5, 5.41) is 11.3. The van der Waals surface area contributed by atoms with Crippen LogP contribution in [-0.4, -0.2) is 79.7 Å². The van der Waals surface area contributed by atoms with Crippen molar-refractivity contribution in [2.24, 2.45) is 0 Å². The molecular weight excluding hydrogens is 448 g/mol. The van der Waals surface area contributed by atoms with Gasteiger partial charge >= 0.3 is 0 Å². The fraction of sp³-hybridized carbons (Fsp3) is 0.407. The first-order valence-corrected chi connectivity index (χ1v) is 12.0. The highest BCUT2D eigenvalue weighted by Gasteiger charge is 2.46. The van der Waals surface area contributed by atoms with Crippen molar-refractivity contribution in [2.75, 3.05) is 53.1 Å². The van der Waals surface area contributed by atoms with Gasteiger partial charge in [-0.3, -0.25) is 14.5 Å². The minimum atomic E-state index is -0.717. The second-order valence-electron chi connectivity index (χ2n) is 8.54. The molecule has 2 aliphatic heterocycles. The molecule has 35 heavy (non-hydrogen) atoms. The molecule has 0 radical (unpaired) electrons. The number of benzene rings is 2. The number of methoxy groups -OCH3 is 1. The van der Waals surface area contributed by atoms with Crippen LogP contribution in [0.1, 0.15) is 30.5 Å². The molecule has 1 amide bonds. The summed E-state index contributed by atoms with van der Waals surface area (Å²) in [5.41, 5.74) is 1.20. The molecule has 186 valence electrons. The van der Waals surface area contributed by atoms with E-state index >= 15 is 0 Å². The number of ketones is 1. The van der Waals surface area contributed by atoms with E-state index in [0.29, 0.717) is 55.4 Å². The van der Waals surface area contributed by atoms with E-state index in [1.54, 1.807) is 48.4 Å². The summed E-state index contributed by atoms with van der Waals surface area (Å²) < 4.78 is 16.3. The first-order chi connectivity index (χ1) is 17.0. The average Bonchev–Trinajstić information content (AvgIpc) is 3.14. The summed E-state index contributed by atoms with van der Waals surface area (Å²) in [6.45, 7) is 6.65. The molecule has 8 nitrogen and oxygen atoms in total. The number of aliphatic hydroxyl groups excluding tert-OH is 1. The van der Waals surface area contributed by atoms with E-state index < -0.39 is 17.7 Å². The Kier molecular flexibility index (Phi) is 8.05. The van der Waals surface area contributed by atoms with E-state index in [9.17, 15) is 14.7 Å². The third-order valence-corrected chi connectivity index (χ3v) is 6.35. The number of hydrogen-bond acceptors (Lipinski definition) is 7. The molecule has 2 fully saturated rings. The van der Waals surface area contributed by atoms with E-state index in [4.69, 9.17) is 14.2 Å². The molecule has 8 heteroatoms. The van der Waals surface area contributed by atoms with Crippen molar-refractivity contribution in [3.05, 3.63) is 65.2 Å². The quantitative estimate of drug-likeness (QED) is 0.335. The van der Waals surface area contributed by atoms with E-state index in [0.717, 1.165) is 19.6 Å². The van der Waals surface area contributed by atoms with Gasteiger partial charge in [0.15, 0.2) is 0 Å². The number of morpholine rings is 1. The summed E-state index contributed by atoms with van der Waals surface area (Å²) in [7, 11) is 1.57. The molecular formula is C27H32N2O6. The minimum Gasteiger partial charge on any atom is -0.507 e. The Labute approximate surface area is 205 Å². The molecule has 1 N–H and O–H groups in total. The molecule has 1 unspecified atom stereocenters. The first-order valence-electron chi connectivity index (χ1n) is 12.0. The van der Waals surface area contributed by atoms with Crippen LogP contribution in [0.25, 0.3) is 5.76 Å². The lowest BCUT2D eigenvalue weighted by Gasteiger charge is -2.29. The van der Waals surface area contributed by atoms with Crippen molar-refractivity contribution in [2.45, 2.75) is 19.4 Å². The molecule has 0 spiro atoms. The van der Waals surface area contributed by atoms with Crippen molar-refractivity contribution >= 4 is 17.4 Å². The molecule has 1 atom stereocenters. The highest BCUT2D eigenvalue weighted by atomic mass is 16.5. The molecule has 0 aromatic heterocycles. The summed E-state index contributed by atoms with van der Waals surface area (Å²) in [4.78, 5) is 30.3. The summed E-state index contributed by atoms with van der Waals surface area (Å²) in [6.07, 6.45) is 0.702. The van der Waals surface area contributed by atoms with Gasteiger partial charge in [-0.15, -0.1) is 0 Å². The zero-order chi connectivity index (χ0) is 24.8. The zero-order valence-electron chi connectivity index (χ0n) is 20.2. The second-order valence-corrected chi connectivity index (χ2v) is 8.54. The molecule has 0 saturated carbocycles. The summed E-state index contributed by atoms with van der Waals surface area (Å²) >= 11 is 0. The predicted octanol–water partition coefficient (Wildman–Crippen LogP) is 3.24. The van der Waals surface area contributed by atoms with Crippen molar-refractivity contribution in [3.8, 4) is 11.5 Å². The van der Waals surface area contributed by atoms with Crippen LogP contribution in [0.5, 0.6) is 11.5 Å². The number of likely N-dealkylation sites (tertiary alicyclic amines) is 1. The first kappa shape index (κ1) is 24.8. The van der Waals surface area contributed by atoms with Crippen LogP contribution in [0.4, 0.5) is 0 Å². The van der Waals surface area contributed by atoms with Gasteiger partial charge < -0.3 is 24.2 Å². The number of carbonyl (C=O) groups excluding carboxylic acids is 2. The largest absolute Gasteiger partial charge is 0.507 e. The van der Waals surface area contributed by atoms with Gasteiger partial charge in [0.2, 0.25) is 0 Å². The monoisotopic (exact) mass is 480 g/mol. The third kappa shape index (κ3) is 5.49. The molecule has 2 aromatic rings. The number of amides is 1. The molecule has 2 aromatic carbocycles. The number of rotatable bonds is 9. The van der Waals surface area contributed by atoms with Gasteiger partial charge in [-0.05, 0) is 43.2 Å². The smallest absolute Gasteiger partial charge is 0.295 e. The van der Waals surface area contributed by atoms with Crippen LogP contribution in [0, 0.1) is 0 Å². The lowest BCUT2D eigenvalue weighted by molar-refractivity contribution is -0.140. The average molecular weight is 481 g/mol. The Morgan fingerprint density at radius 1 is 1.06 bits per heavy atom. The number of nitrogens with zero attached hydrogens (tertiary/aromatic N) is 2. The lowest BCUT2D eigenvalue weighted by atomic mass is 9.95. The van der Waals surface area contributed by atoms with Gasteiger partial charge in [-0.1, -0.05) is 24.3 Å². The van der Waals surface area contributed by atoms with Crippen LogP contribution in [0.2, 0.25) is 0 Å². The van der Waals surface area contributed by atoms with E-state index in [1.807, 2.05) is 19.1 Å². The molecule has 0 aliphatic carbocycles. The zero-order valence-corrected chi connectivity index (χ0v) is 20.2. The SMILES string of the molecule is CCOc1cccc(C(O)=C2C(=O)C(=O)N(CCCN3CCOCC3)C2c2cccc(OC)c2)c1. The van der Waals surface area contributed by atoms with E-state index in [2.05, 4.69) is 4.90 Å². The number of hydrogen-bond donors (Lipinski definition) is 1.